The van der Waals surface area contributed by atoms with Gasteiger partial charge in [-0.25, -0.2) is 0 Å². The third-order valence-corrected chi connectivity index (χ3v) is 2.63. The van der Waals surface area contributed by atoms with E-state index >= 15 is 0 Å². The molecule has 0 fully saturated rings. The Morgan fingerprint density at radius 2 is 2.24 bits per heavy atom. The molecule has 4 heteroatoms. The fourth-order valence-corrected chi connectivity index (χ4v) is 1.58. The minimum absolute atomic E-state index is 0.0441. The van der Waals surface area contributed by atoms with E-state index in [0.717, 1.165) is 18.5 Å². The average Bonchev–Trinajstić information content (AvgIpc) is 2.36. The zero-order valence-corrected chi connectivity index (χ0v) is 10.7. The molecule has 94 valence electrons. The molecule has 0 aliphatic carbocycles. The minimum Gasteiger partial charge on any atom is -0.355 e. The van der Waals surface area contributed by atoms with Crippen LogP contribution in [-0.2, 0) is 4.79 Å². The maximum atomic E-state index is 11.7. The lowest BCUT2D eigenvalue weighted by atomic mass is 10.1. The van der Waals surface area contributed by atoms with Crippen molar-refractivity contribution < 1.29 is 4.79 Å². The second-order valence-corrected chi connectivity index (χ2v) is 4.19. The number of amides is 1. The molecule has 0 radical (unpaired) electrons. The van der Waals surface area contributed by atoms with Crippen molar-refractivity contribution >= 4 is 5.91 Å². The van der Waals surface area contributed by atoms with Crippen molar-refractivity contribution in [1.29, 1.82) is 0 Å². The summed E-state index contributed by atoms with van der Waals surface area (Å²) in [6, 6.07) is 3.82. The zero-order valence-electron chi connectivity index (χ0n) is 10.7. The number of hydrogen-bond acceptors (Lipinski definition) is 3. The van der Waals surface area contributed by atoms with Crippen molar-refractivity contribution in [3.63, 3.8) is 0 Å². The van der Waals surface area contributed by atoms with E-state index in [0.29, 0.717) is 0 Å². The first-order valence-corrected chi connectivity index (χ1v) is 6.08. The Morgan fingerprint density at radius 3 is 2.82 bits per heavy atom. The van der Waals surface area contributed by atoms with Crippen LogP contribution in [0.25, 0.3) is 0 Å². The summed E-state index contributed by atoms with van der Waals surface area (Å²) in [5, 5.41) is 6.12. The van der Waals surface area contributed by atoms with Crippen LogP contribution in [0.15, 0.2) is 24.5 Å². The number of rotatable bonds is 6. The van der Waals surface area contributed by atoms with E-state index in [9.17, 15) is 4.79 Å². The van der Waals surface area contributed by atoms with Crippen LogP contribution in [0, 0.1) is 0 Å². The molecule has 0 saturated heterocycles. The molecule has 1 aromatic rings. The van der Waals surface area contributed by atoms with Crippen LogP contribution in [0.2, 0.25) is 0 Å². The Kier molecular flexibility index (Phi) is 5.63. The van der Waals surface area contributed by atoms with Crippen LogP contribution < -0.4 is 10.6 Å². The number of aromatic nitrogens is 1. The smallest absolute Gasteiger partial charge is 0.236 e. The third kappa shape index (κ3) is 4.53. The Labute approximate surface area is 103 Å². The summed E-state index contributed by atoms with van der Waals surface area (Å²) in [6.07, 6.45) is 4.51. The van der Waals surface area contributed by atoms with Gasteiger partial charge in [0.15, 0.2) is 0 Å². The quantitative estimate of drug-likeness (QED) is 0.788. The van der Waals surface area contributed by atoms with Crippen molar-refractivity contribution in [2.75, 3.05) is 6.54 Å². The molecular formula is C13H21N3O. The maximum Gasteiger partial charge on any atom is 0.236 e. The summed E-state index contributed by atoms with van der Waals surface area (Å²) < 4.78 is 0. The van der Waals surface area contributed by atoms with Gasteiger partial charge in [-0.1, -0.05) is 13.0 Å². The summed E-state index contributed by atoms with van der Waals surface area (Å²) in [5.41, 5.74) is 1.09. The van der Waals surface area contributed by atoms with E-state index in [4.69, 9.17) is 0 Å². The van der Waals surface area contributed by atoms with Crippen molar-refractivity contribution in [2.24, 2.45) is 0 Å². The molecule has 0 bridgehead atoms. The van der Waals surface area contributed by atoms with Crippen LogP contribution in [0.1, 0.15) is 38.8 Å². The lowest BCUT2D eigenvalue weighted by Crippen LogP contribution is -2.43. The standard InChI is InChI=1S/C13H21N3O/c1-4-7-15-13(17)11(3)16-10(2)12-6-5-8-14-9-12/h5-6,8-11,16H,4,7H2,1-3H3,(H,15,17). The van der Waals surface area contributed by atoms with Crippen molar-refractivity contribution in [1.82, 2.24) is 15.6 Å². The SMILES string of the molecule is CCCNC(=O)C(C)NC(C)c1cccnc1. The van der Waals surface area contributed by atoms with Gasteiger partial charge in [0.05, 0.1) is 6.04 Å². The molecule has 17 heavy (non-hydrogen) atoms. The van der Waals surface area contributed by atoms with Gasteiger partial charge in [-0.05, 0) is 31.9 Å². The summed E-state index contributed by atoms with van der Waals surface area (Å²) >= 11 is 0. The molecule has 1 amide bonds. The normalized spacial score (nSPS) is 14.1. The molecule has 4 nitrogen and oxygen atoms in total. The Morgan fingerprint density at radius 1 is 1.47 bits per heavy atom. The first-order chi connectivity index (χ1) is 8.15. The minimum atomic E-state index is -0.197. The highest BCUT2D eigenvalue weighted by Gasteiger charge is 2.15. The Bertz CT molecular complexity index is 340. The lowest BCUT2D eigenvalue weighted by molar-refractivity contribution is -0.122. The lowest BCUT2D eigenvalue weighted by Gasteiger charge is -2.19. The number of carbonyl (C=O) groups excluding carboxylic acids is 1. The predicted molar refractivity (Wildman–Crippen MR) is 68.6 cm³/mol. The van der Waals surface area contributed by atoms with Gasteiger partial charge in [0, 0.05) is 25.0 Å². The van der Waals surface area contributed by atoms with Crippen LogP contribution in [-0.4, -0.2) is 23.5 Å². The van der Waals surface area contributed by atoms with E-state index in [1.165, 1.54) is 0 Å². The molecule has 2 N–H and O–H groups in total. The van der Waals surface area contributed by atoms with Crippen molar-refractivity contribution in [2.45, 2.75) is 39.3 Å². The monoisotopic (exact) mass is 235 g/mol. The van der Waals surface area contributed by atoms with Gasteiger partial charge in [0.2, 0.25) is 5.91 Å². The van der Waals surface area contributed by atoms with E-state index in [2.05, 4.69) is 15.6 Å². The zero-order chi connectivity index (χ0) is 12.7. The van der Waals surface area contributed by atoms with E-state index in [-0.39, 0.29) is 18.0 Å². The molecule has 1 aromatic heterocycles. The van der Waals surface area contributed by atoms with Gasteiger partial charge in [-0.2, -0.15) is 0 Å². The molecule has 0 spiro atoms. The molecule has 2 atom stereocenters. The van der Waals surface area contributed by atoms with Crippen molar-refractivity contribution in [3.05, 3.63) is 30.1 Å². The predicted octanol–water partition coefficient (Wildman–Crippen LogP) is 1.65. The summed E-state index contributed by atoms with van der Waals surface area (Å²) in [5.74, 6) is 0.0441. The number of nitrogens with one attached hydrogen (secondary N) is 2. The highest BCUT2D eigenvalue weighted by Crippen LogP contribution is 2.10. The van der Waals surface area contributed by atoms with Crippen molar-refractivity contribution in [3.8, 4) is 0 Å². The van der Waals surface area contributed by atoms with Crippen LogP contribution in [0.3, 0.4) is 0 Å². The molecule has 1 rings (SSSR count). The second-order valence-electron chi connectivity index (χ2n) is 4.19. The number of pyridine rings is 1. The highest BCUT2D eigenvalue weighted by atomic mass is 16.2. The summed E-state index contributed by atoms with van der Waals surface area (Å²) in [7, 11) is 0. The van der Waals surface area contributed by atoms with Crippen LogP contribution in [0.5, 0.6) is 0 Å². The first-order valence-electron chi connectivity index (χ1n) is 6.08. The summed E-state index contributed by atoms with van der Waals surface area (Å²) in [4.78, 5) is 15.7. The highest BCUT2D eigenvalue weighted by molar-refractivity contribution is 5.81. The molecular weight excluding hydrogens is 214 g/mol. The van der Waals surface area contributed by atoms with Crippen LogP contribution in [0.4, 0.5) is 0 Å². The number of nitrogens with zero attached hydrogens (tertiary/aromatic N) is 1. The molecule has 1 heterocycles. The van der Waals surface area contributed by atoms with Gasteiger partial charge >= 0.3 is 0 Å². The van der Waals surface area contributed by atoms with Gasteiger partial charge in [0.1, 0.15) is 0 Å². The topological polar surface area (TPSA) is 54.0 Å². The molecule has 0 aliphatic heterocycles. The van der Waals surface area contributed by atoms with E-state index in [1.807, 2.05) is 39.1 Å². The third-order valence-electron chi connectivity index (χ3n) is 2.63. The second kappa shape index (κ2) is 7.01. The largest absolute Gasteiger partial charge is 0.355 e. The Balaban J connectivity index is 2.45. The van der Waals surface area contributed by atoms with Gasteiger partial charge in [-0.3, -0.25) is 15.1 Å². The number of hydrogen-bond donors (Lipinski definition) is 2. The molecule has 0 aliphatic rings. The molecule has 0 aromatic carbocycles. The van der Waals surface area contributed by atoms with Gasteiger partial charge in [0.25, 0.3) is 0 Å². The van der Waals surface area contributed by atoms with Crippen LogP contribution >= 0.6 is 0 Å². The molecule has 2 unspecified atom stereocenters. The fraction of sp³-hybridized carbons (Fsp3) is 0.538. The fourth-order valence-electron chi connectivity index (χ4n) is 1.58. The van der Waals surface area contributed by atoms with Gasteiger partial charge < -0.3 is 5.32 Å². The first kappa shape index (κ1) is 13.6. The van der Waals surface area contributed by atoms with E-state index < -0.39 is 0 Å². The van der Waals surface area contributed by atoms with Gasteiger partial charge in [-0.15, -0.1) is 0 Å². The Hall–Kier alpha value is -1.42. The average molecular weight is 235 g/mol. The maximum absolute atomic E-state index is 11.7. The van der Waals surface area contributed by atoms with E-state index in [1.54, 1.807) is 6.20 Å². The number of carbonyl (C=O) groups is 1. The summed E-state index contributed by atoms with van der Waals surface area (Å²) in [6.45, 7) is 6.67. The molecule has 0 saturated carbocycles.